The highest BCUT2D eigenvalue weighted by atomic mass is 16.6. The van der Waals surface area contributed by atoms with Crippen LogP contribution in [0.15, 0.2) is 22.8 Å². The van der Waals surface area contributed by atoms with E-state index in [0.717, 1.165) is 19.3 Å². The van der Waals surface area contributed by atoms with Gasteiger partial charge in [0.2, 0.25) is 5.78 Å². The van der Waals surface area contributed by atoms with Gasteiger partial charge in [-0.15, -0.1) is 0 Å². The lowest BCUT2D eigenvalue weighted by molar-refractivity contribution is -0.00639. The fraction of sp³-hybridized carbons (Fsp3) is 0.647. The molecule has 1 aliphatic rings. The van der Waals surface area contributed by atoms with E-state index in [1.54, 1.807) is 17.0 Å². The molecular formula is C17H25NO5. The molecule has 0 aromatic carbocycles. The second-order valence-electron chi connectivity index (χ2n) is 6.74. The van der Waals surface area contributed by atoms with Crippen LogP contribution in [0, 0.1) is 0 Å². The predicted molar refractivity (Wildman–Crippen MR) is 84.4 cm³/mol. The number of rotatable bonds is 5. The van der Waals surface area contributed by atoms with Gasteiger partial charge in [0.05, 0.1) is 18.9 Å². The zero-order valence-corrected chi connectivity index (χ0v) is 14.0. The van der Waals surface area contributed by atoms with Crippen molar-refractivity contribution in [1.29, 1.82) is 0 Å². The number of ether oxygens (including phenoxy) is 2. The third kappa shape index (κ3) is 5.39. The predicted octanol–water partition coefficient (Wildman–Crippen LogP) is 3.27. The Labute approximate surface area is 136 Å². The summed E-state index contributed by atoms with van der Waals surface area (Å²) in [5.41, 5.74) is -0.519. The topological polar surface area (TPSA) is 69.0 Å². The van der Waals surface area contributed by atoms with Crippen molar-refractivity contribution < 1.29 is 23.5 Å². The summed E-state index contributed by atoms with van der Waals surface area (Å²) in [6, 6.07) is 3.22. The molecule has 23 heavy (non-hydrogen) atoms. The summed E-state index contributed by atoms with van der Waals surface area (Å²) in [6.07, 6.45) is 4.00. The van der Waals surface area contributed by atoms with E-state index >= 15 is 0 Å². The summed E-state index contributed by atoms with van der Waals surface area (Å²) in [6.45, 7) is 6.49. The Morgan fingerprint density at radius 1 is 1.35 bits per heavy atom. The average Bonchev–Trinajstić information content (AvgIpc) is 3.00. The number of hydrogen-bond donors (Lipinski definition) is 0. The van der Waals surface area contributed by atoms with Crippen LogP contribution in [-0.4, -0.2) is 48.2 Å². The minimum absolute atomic E-state index is 0.0494. The fourth-order valence-corrected chi connectivity index (χ4v) is 2.53. The first-order valence-electron chi connectivity index (χ1n) is 8.01. The van der Waals surface area contributed by atoms with Crippen LogP contribution in [-0.2, 0) is 9.47 Å². The summed E-state index contributed by atoms with van der Waals surface area (Å²) in [4.78, 5) is 25.8. The number of likely N-dealkylation sites (tertiary alicyclic amines) is 1. The summed E-state index contributed by atoms with van der Waals surface area (Å²) in [5.74, 6) is 0.0901. The van der Waals surface area contributed by atoms with Crippen molar-refractivity contribution in [2.45, 2.75) is 51.7 Å². The van der Waals surface area contributed by atoms with Crippen LogP contribution >= 0.6 is 0 Å². The minimum Gasteiger partial charge on any atom is -0.461 e. The highest BCUT2D eigenvalue weighted by molar-refractivity contribution is 5.94. The summed E-state index contributed by atoms with van der Waals surface area (Å²) in [5, 5.41) is 0. The van der Waals surface area contributed by atoms with Crippen molar-refractivity contribution >= 4 is 11.9 Å². The van der Waals surface area contributed by atoms with E-state index in [0.29, 0.717) is 13.2 Å². The molecule has 6 nitrogen and oxygen atoms in total. The highest BCUT2D eigenvalue weighted by Crippen LogP contribution is 2.20. The monoisotopic (exact) mass is 323 g/mol. The lowest BCUT2D eigenvalue weighted by Crippen LogP contribution is -2.48. The Kier molecular flexibility index (Phi) is 5.82. The first kappa shape index (κ1) is 17.5. The number of piperidine rings is 1. The molecule has 0 aliphatic carbocycles. The van der Waals surface area contributed by atoms with E-state index in [4.69, 9.17) is 13.9 Å². The molecule has 1 fully saturated rings. The second-order valence-corrected chi connectivity index (χ2v) is 6.74. The first-order valence-corrected chi connectivity index (χ1v) is 8.01. The quantitative estimate of drug-likeness (QED) is 0.778. The largest absolute Gasteiger partial charge is 0.461 e. The summed E-state index contributed by atoms with van der Waals surface area (Å²) >= 11 is 0. The number of nitrogens with zero attached hydrogens (tertiary/aromatic N) is 1. The second kappa shape index (κ2) is 7.64. The van der Waals surface area contributed by atoms with Gasteiger partial charge in [-0.25, -0.2) is 4.79 Å². The van der Waals surface area contributed by atoms with Crippen LogP contribution in [0.3, 0.4) is 0 Å². The molecule has 2 rings (SSSR count). The molecule has 1 amide bonds. The molecule has 0 spiro atoms. The van der Waals surface area contributed by atoms with Crippen molar-refractivity contribution in [2.75, 3.05) is 19.8 Å². The van der Waals surface area contributed by atoms with Crippen LogP contribution in [0.25, 0.3) is 0 Å². The summed E-state index contributed by atoms with van der Waals surface area (Å²) < 4.78 is 16.0. The number of carbonyl (C=O) groups excluding carboxylic acids is 2. The van der Waals surface area contributed by atoms with E-state index in [1.807, 2.05) is 20.8 Å². The minimum atomic E-state index is -0.519. The maximum absolute atomic E-state index is 12.3. The van der Waals surface area contributed by atoms with E-state index in [1.165, 1.54) is 6.26 Å². The van der Waals surface area contributed by atoms with Crippen molar-refractivity contribution in [3.8, 4) is 0 Å². The molecule has 1 aromatic heterocycles. The standard InChI is InChI=1S/C17H25NO5/c1-17(2,3)23-16(20)18-9-5-4-7-13(18)11-21-12-14(19)15-8-6-10-22-15/h6,8,10,13H,4-5,7,9,11-12H2,1-3H3. The zero-order chi connectivity index (χ0) is 16.9. The number of carbonyl (C=O) groups is 2. The van der Waals surface area contributed by atoms with Gasteiger partial charge in [-0.3, -0.25) is 4.79 Å². The Balaban J connectivity index is 1.84. The molecule has 128 valence electrons. The molecule has 0 saturated carbocycles. The Hall–Kier alpha value is -1.82. The van der Waals surface area contributed by atoms with Gasteiger partial charge < -0.3 is 18.8 Å². The van der Waals surface area contributed by atoms with E-state index < -0.39 is 5.60 Å². The maximum Gasteiger partial charge on any atom is 0.410 e. The van der Waals surface area contributed by atoms with Gasteiger partial charge in [-0.2, -0.15) is 0 Å². The normalized spacial score (nSPS) is 18.7. The van der Waals surface area contributed by atoms with Crippen LogP contribution < -0.4 is 0 Å². The lowest BCUT2D eigenvalue weighted by Gasteiger charge is -2.36. The SMILES string of the molecule is CC(C)(C)OC(=O)N1CCCCC1COCC(=O)c1ccco1. The Bertz CT molecular complexity index is 518. The molecule has 2 heterocycles. The summed E-state index contributed by atoms with van der Waals surface area (Å²) in [7, 11) is 0. The smallest absolute Gasteiger partial charge is 0.410 e. The third-order valence-corrected chi connectivity index (χ3v) is 3.59. The van der Waals surface area contributed by atoms with E-state index in [9.17, 15) is 9.59 Å². The first-order chi connectivity index (χ1) is 10.9. The van der Waals surface area contributed by atoms with Crippen LogP contribution in [0.2, 0.25) is 0 Å². The van der Waals surface area contributed by atoms with Gasteiger partial charge in [0.15, 0.2) is 5.76 Å². The molecule has 6 heteroatoms. The third-order valence-electron chi connectivity index (χ3n) is 3.59. The van der Waals surface area contributed by atoms with Crippen molar-refractivity contribution in [2.24, 2.45) is 0 Å². The van der Waals surface area contributed by atoms with Gasteiger partial charge in [-0.05, 0) is 52.2 Å². The van der Waals surface area contributed by atoms with Gasteiger partial charge in [0, 0.05) is 6.54 Å². The average molecular weight is 323 g/mol. The molecule has 1 aliphatic heterocycles. The van der Waals surface area contributed by atoms with Crippen LogP contribution in [0.5, 0.6) is 0 Å². The fourth-order valence-electron chi connectivity index (χ4n) is 2.53. The number of furan rings is 1. The van der Waals surface area contributed by atoms with Gasteiger partial charge >= 0.3 is 6.09 Å². The Morgan fingerprint density at radius 3 is 2.78 bits per heavy atom. The molecule has 0 N–H and O–H groups in total. The molecule has 1 aromatic rings. The molecule has 0 bridgehead atoms. The number of amides is 1. The van der Waals surface area contributed by atoms with Crippen molar-refractivity contribution in [1.82, 2.24) is 4.90 Å². The van der Waals surface area contributed by atoms with Gasteiger partial charge in [0.25, 0.3) is 0 Å². The van der Waals surface area contributed by atoms with E-state index in [-0.39, 0.29) is 30.3 Å². The van der Waals surface area contributed by atoms with E-state index in [2.05, 4.69) is 0 Å². The zero-order valence-electron chi connectivity index (χ0n) is 14.0. The lowest BCUT2D eigenvalue weighted by atomic mass is 10.0. The molecule has 1 unspecified atom stereocenters. The van der Waals surface area contributed by atoms with Crippen molar-refractivity contribution in [3.63, 3.8) is 0 Å². The molecular weight excluding hydrogens is 298 g/mol. The highest BCUT2D eigenvalue weighted by Gasteiger charge is 2.30. The van der Waals surface area contributed by atoms with Gasteiger partial charge in [-0.1, -0.05) is 0 Å². The Morgan fingerprint density at radius 2 is 2.13 bits per heavy atom. The molecule has 1 atom stereocenters. The number of Topliss-reactive ketones (excluding diaryl/α,β-unsaturated/α-hetero) is 1. The maximum atomic E-state index is 12.3. The number of ketones is 1. The van der Waals surface area contributed by atoms with Gasteiger partial charge in [0.1, 0.15) is 12.2 Å². The van der Waals surface area contributed by atoms with Crippen molar-refractivity contribution in [3.05, 3.63) is 24.2 Å². The molecule has 1 saturated heterocycles. The van der Waals surface area contributed by atoms with Crippen LogP contribution in [0.1, 0.15) is 50.6 Å². The van der Waals surface area contributed by atoms with Crippen LogP contribution in [0.4, 0.5) is 4.79 Å². The molecule has 0 radical (unpaired) electrons. The number of hydrogen-bond acceptors (Lipinski definition) is 5.